The van der Waals surface area contributed by atoms with Gasteiger partial charge in [0.15, 0.2) is 0 Å². The van der Waals surface area contributed by atoms with Gasteiger partial charge in [-0.2, -0.15) is 0 Å². The van der Waals surface area contributed by atoms with Crippen LogP contribution in [0.4, 0.5) is 0 Å². The molecule has 28 heavy (non-hydrogen) atoms. The third-order valence-corrected chi connectivity index (χ3v) is 5.18. The highest BCUT2D eigenvalue weighted by Crippen LogP contribution is 2.28. The lowest BCUT2D eigenvalue weighted by Gasteiger charge is -2.08. The lowest BCUT2D eigenvalue weighted by Crippen LogP contribution is -1.85. The minimum absolute atomic E-state index is 0.879. The summed E-state index contributed by atoms with van der Waals surface area (Å²) in [6.45, 7) is 3.81. The average molecular weight is 364 g/mol. The van der Waals surface area contributed by atoms with Gasteiger partial charge < -0.3 is 4.74 Å². The van der Waals surface area contributed by atoms with Crippen LogP contribution in [0.25, 0.3) is 33.0 Å². The molecule has 0 radical (unpaired) electrons. The molecule has 0 spiro atoms. The molecule has 0 aliphatic rings. The van der Waals surface area contributed by atoms with Gasteiger partial charge in [0, 0.05) is 0 Å². The summed E-state index contributed by atoms with van der Waals surface area (Å²) in [6.07, 6.45) is 4.04. The molecule has 1 heteroatoms. The average Bonchev–Trinajstić information content (AvgIpc) is 2.77. The van der Waals surface area contributed by atoms with Gasteiger partial charge in [-0.05, 0) is 69.6 Å². The van der Waals surface area contributed by atoms with Crippen molar-refractivity contribution in [2.75, 3.05) is 7.11 Å². The molecule has 0 aliphatic heterocycles. The second-order valence-corrected chi connectivity index (χ2v) is 7.03. The molecule has 0 aromatic heterocycles. The first-order valence-electron chi connectivity index (χ1n) is 9.65. The van der Waals surface area contributed by atoms with Crippen LogP contribution in [0.15, 0.2) is 97.6 Å². The van der Waals surface area contributed by atoms with Crippen LogP contribution in [-0.2, 0) is 6.42 Å². The molecular formula is C27H24O. The topological polar surface area (TPSA) is 9.23 Å². The number of allylic oxidation sites excluding steroid dienone is 1. The summed E-state index contributed by atoms with van der Waals surface area (Å²) in [5.74, 6) is 0.879. The van der Waals surface area contributed by atoms with Crippen molar-refractivity contribution in [1.29, 1.82) is 0 Å². The third kappa shape index (κ3) is 3.84. The fourth-order valence-corrected chi connectivity index (χ4v) is 3.54. The number of methoxy groups -OCH3 is 1. The predicted octanol–water partition coefficient (Wildman–Crippen LogP) is 7.30. The Balaban J connectivity index is 1.59. The van der Waals surface area contributed by atoms with Crippen LogP contribution in [0.1, 0.15) is 12.0 Å². The normalized spacial score (nSPS) is 10.8. The van der Waals surface area contributed by atoms with Crippen molar-refractivity contribution in [2.45, 2.75) is 12.8 Å². The van der Waals surface area contributed by atoms with E-state index in [4.69, 9.17) is 4.74 Å². The number of hydrogen-bond donors (Lipinski definition) is 0. The molecule has 1 nitrogen and oxygen atoms in total. The summed E-state index contributed by atoms with van der Waals surface area (Å²) in [5.41, 5.74) is 6.24. The Morgan fingerprint density at radius 2 is 1.21 bits per heavy atom. The number of fused-ring (bicyclic) bond motifs is 1. The van der Waals surface area contributed by atoms with E-state index in [1.807, 2.05) is 18.2 Å². The van der Waals surface area contributed by atoms with Crippen molar-refractivity contribution in [3.63, 3.8) is 0 Å². The number of benzene rings is 4. The van der Waals surface area contributed by atoms with Gasteiger partial charge >= 0.3 is 0 Å². The zero-order valence-corrected chi connectivity index (χ0v) is 16.2. The lowest BCUT2D eigenvalue weighted by atomic mass is 9.97. The summed E-state index contributed by atoms with van der Waals surface area (Å²) in [7, 11) is 1.69. The van der Waals surface area contributed by atoms with Crippen molar-refractivity contribution in [3.05, 3.63) is 103 Å². The quantitative estimate of drug-likeness (QED) is 0.326. The van der Waals surface area contributed by atoms with Gasteiger partial charge in [0.05, 0.1) is 7.11 Å². The molecular weight excluding hydrogens is 340 g/mol. The Bertz CT molecular complexity index is 1090. The first-order valence-corrected chi connectivity index (χ1v) is 9.65. The Morgan fingerprint density at radius 1 is 0.679 bits per heavy atom. The minimum Gasteiger partial charge on any atom is -0.497 e. The van der Waals surface area contributed by atoms with Crippen LogP contribution in [0.3, 0.4) is 0 Å². The van der Waals surface area contributed by atoms with E-state index in [0.29, 0.717) is 0 Å². The van der Waals surface area contributed by atoms with Crippen molar-refractivity contribution in [1.82, 2.24) is 0 Å². The summed E-state index contributed by atoms with van der Waals surface area (Å²) in [5, 5.41) is 2.57. The fourth-order valence-electron chi connectivity index (χ4n) is 3.54. The molecule has 4 rings (SSSR count). The Kier molecular flexibility index (Phi) is 5.25. The van der Waals surface area contributed by atoms with Gasteiger partial charge in [0.25, 0.3) is 0 Å². The molecule has 0 saturated heterocycles. The molecule has 0 unspecified atom stereocenters. The van der Waals surface area contributed by atoms with E-state index in [1.165, 1.54) is 38.6 Å². The van der Waals surface area contributed by atoms with Gasteiger partial charge in [-0.3, -0.25) is 0 Å². The molecule has 4 aromatic rings. The molecule has 0 amide bonds. The Morgan fingerprint density at radius 3 is 1.86 bits per heavy atom. The van der Waals surface area contributed by atoms with Crippen molar-refractivity contribution >= 4 is 10.8 Å². The second kappa shape index (κ2) is 8.14. The van der Waals surface area contributed by atoms with Crippen LogP contribution in [0, 0.1) is 0 Å². The van der Waals surface area contributed by atoms with Crippen molar-refractivity contribution in [3.8, 4) is 28.0 Å². The van der Waals surface area contributed by atoms with E-state index in [9.17, 15) is 0 Å². The first kappa shape index (κ1) is 18.1. The maximum atomic E-state index is 5.24. The third-order valence-electron chi connectivity index (χ3n) is 5.18. The lowest BCUT2D eigenvalue weighted by molar-refractivity contribution is 0.415. The van der Waals surface area contributed by atoms with Crippen molar-refractivity contribution in [2.24, 2.45) is 0 Å². The van der Waals surface area contributed by atoms with E-state index in [0.717, 1.165) is 18.6 Å². The minimum atomic E-state index is 0.879. The summed E-state index contributed by atoms with van der Waals surface area (Å²) in [6, 6.07) is 30.4. The van der Waals surface area contributed by atoms with Crippen LogP contribution in [0.2, 0.25) is 0 Å². The SMILES string of the molecule is C=CCCc1ccc2cc(-c3ccc(-c4ccc(OC)cc4)cc3)ccc2c1. The molecule has 0 bridgehead atoms. The molecule has 138 valence electrons. The number of rotatable bonds is 6. The predicted molar refractivity (Wildman–Crippen MR) is 120 cm³/mol. The zero-order chi connectivity index (χ0) is 19.3. The van der Waals surface area contributed by atoms with Gasteiger partial charge in [-0.1, -0.05) is 72.8 Å². The van der Waals surface area contributed by atoms with Gasteiger partial charge in [0.1, 0.15) is 5.75 Å². The molecule has 4 aromatic carbocycles. The highest BCUT2D eigenvalue weighted by atomic mass is 16.5. The summed E-state index contributed by atoms with van der Waals surface area (Å²) < 4.78 is 5.24. The number of aryl methyl sites for hydroxylation is 1. The molecule has 0 atom stereocenters. The van der Waals surface area contributed by atoms with Crippen LogP contribution in [0.5, 0.6) is 5.75 Å². The van der Waals surface area contributed by atoms with E-state index < -0.39 is 0 Å². The number of hydrogen-bond acceptors (Lipinski definition) is 1. The summed E-state index contributed by atoms with van der Waals surface area (Å²) in [4.78, 5) is 0. The Hall–Kier alpha value is -3.32. The molecule has 0 saturated carbocycles. The zero-order valence-electron chi connectivity index (χ0n) is 16.2. The highest BCUT2D eigenvalue weighted by molar-refractivity contribution is 5.88. The molecule has 0 N–H and O–H groups in total. The maximum absolute atomic E-state index is 5.24. The monoisotopic (exact) mass is 364 g/mol. The maximum Gasteiger partial charge on any atom is 0.118 e. The van der Waals surface area contributed by atoms with Gasteiger partial charge in [-0.25, -0.2) is 0 Å². The van der Waals surface area contributed by atoms with E-state index in [-0.39, 0.29) is 0 Å². The van der Waals surface area contributed by atoms with E-state index >= 15 is 0 Å². The summed E-state index contributed by atoms with van der Waals surface area (Å²) >= 11 is 0. The first-order chi connectivity index (χ1) is 13.8. The van der Waals surface area contributed by atoms with E-state index in [1.54, 1.807) is 7.11 Å². The molecule has 0 aliphatic carbocycles. The Labute approximate surface area is 166 Å². The number of ether oxygens (including phenoxy) is 1. The fraction of sp³-hybridized carbons (Fsp3) is 0.111. The van der Waals surface area contributed by atoms with Crippen LogP contribution >= 0.6 is 0 Å². The van der Waals surface area contributed by atoms with Crippen LogP contribution in [-0.4, -0.2) is 7.11 Å². The standard InChI is InChI=1S/C27H24O/c1-3-4-5-20-6-7-26-19-25(13-12-24(26)18-20)23-10-8-21(9-11-23)22-14-16-27(28-2)17-15-22/h3,6-19H,1,4-5H2,2H3. The molecule has 0 fully saturated rings. The van der Waals surface area contributed by atoms with Gasteiger partial charge in [-0.15, -0.1) is 6.58 Å². The smallest absolute Gasteiger partial charge is 0.118 e. The van der Waals surface area contributed by atoms with Crippen LogP contribution < -0.4 is 4.74 Å². The second-order valence-electron chi connectivity index (χ2n) is 7.03. The van der Waals surface area contributed by atoms with Gasteiger partial charge in [0.2, 0.25) is 0 Å². The van der Waals surface area contributed by atoms with E-state index in [2.05, 4.69) is 79.4 Å². The molecule has 0 heterocycles. The largest absolute Gasteiger partial charge is 0.497 e. The highest BCUT2D eigenvalue weighted by Gasteiger charge is 2.03. The van der Waals surface area contributed by atoms with Crippen molar-refractivity contribution < 1.29 is 4.74 Å².